The Morgan fingerprint density at radius 3 is 2.71 bits per heavy atom. The Hall–Kier alpha value is -3.13. The van der Waals surface area contributed by atoms with Crippen LogP contribution in [-0.2, 0) is 32.4 Å². The van der Waals surface area contributed by atoms with Gasteiger partial charge in [-0.3, -0.25) is 14.4 Å². The van der Waals surface area contributed by atoms with Gasteiger partial charge < -0.3 is 14.8 Å². The van der Waals surface area contributed by atoms with Crippen LogP contribution in [0.4, 0.5) is 5.69 Å². The molecule has 0 aromatic heterocycles. The summed E-state index contributed by atoms with van der Waals surface area (Å²) >= 11 is 0. The van der Waals surface area contributed by atoms with E-state index in [2.05, 4.69) is 27.1 Å². The van der Waals surface area contributed by atoms with Crippen molar-refractivity contribution in [3.05, 3.63) is 58.7 Å². The molecule has 1 aliphatic carbocycles. The van der Waals surface area contributed by atoms with Crippen LogP contribution >= 0.6 is 0 Å². The zero-order valence-electron chi connectivity index (χ0n) is 21.8. The Kier molecular flexibility index (Phi) is 7.36. The lowest BCUT2D eigenvalue weighted by Gasteiger charge is -2.49. The number of amides is 1. The van der Waals surface area contributed by atoms with E-state index in [1.54, 1.807) is 18.2 Å². The van der Waals surface area contributed by atoms with Crippen LogP contribution in [-0.4, -0.2) is 63.9 Å². The molecule has 2 heterocycles. The van der Waals surface area contributed by atoms with Crippen molar-refractivity contribution in [2.45, 2.75) is 56.2 Å². The van der Waals surface area contributed by atoms with Crippen LogP contribution in [0.5, 0.6) is 5.75 Å². The summed E-state index contributed by atoms with van der Waals surface area (Å²) < 4.78 is 37.7. The molecule has 5 rings (SSSR count). The van der Waals surface area contributed by atoms with Gasteiger partial charge >= 0.3 is 0 Å². The molecule has 1 amide bonds. The van der Waals surface area contributed by atoms with Gasteiger partial charge in [-0.1, -0.05) is 6.07 Å². The summed E-state index contributed by atoms with van der Waals surface area (Å²) in [7, 11) is -1.96. The van der Waals surface area contributed by atoms with E-state index in [0.717, 1.165) is 62.6 Å². The van der Waals surface area contributed by atoms with E-state index >= 15 is 0 Å². The van der Waals surface area contributed by atoms with Crippen molar-refractivity contribution in [3.63, 3.8) is 0 Å². The van der Waals surface area contributed by atoms with Gasteiger partial charge in [0.05, 0.1) is 23.9 Å². The van der Waals surface area contributed by atoms with Gasteiger partial charge in [0.25, 0.3) is 0 Å². The fourth-order valence-corrected chi connectivity index (χ4v) is 6.72. The first kappa shape index (κ1) is 26.5. The Labute approximate surface area is 224 Å². The minimum absolute atomic E-state index is 0.0479. The second kappa shape index (κ2) is 10.6. The standard InChI is InChI=1S/C28H34N4O5S/c1-36-18-27(33)30-25-16-28(37-26-8-6-22(15-24(25)26)31-38(2,34)35)9-11-32(12-10-28)23-7-5-20-13-19(17-29)3-4-21(20)14-23/h3-4,6,8,13,15,23,25,31H,5,7,9-12,14,16,18H2,1-2H3,(H,30,33)/t23?,25-/m0/s1. The number of carbonyl (C=O) groups is 1. The molecule has 2 atom stereocenters. The largest absolute Gasteiger partial charge is 0.487 e. The van der Waals surface area contributed by atoms with Gasteiger partial charge in [-0.25, -0.2) is 8.42 Å². The number of methoxy groups -OCH3 is 1. The van der Waals surface area contributed by atoms with Crippen molar-refractivity contribution in [1.82, 2.24) is 10.2 Å². The third kappa shape index (κ3) is 5.80. The van der Waals surface area contributed by atoms with Crippen LogP contribution in [0.15, 0.2) is 36.4 Å². The fraction of sp³-hybridized carbons (Fsp3) is 0.500. The van der Waals surface area contributed by atoms with E-state index in [0.29, 0.717) is 23.9 Å². The third-order valence-electron chi connectivity index (χ3n) is 7.97. The highest BCUT2D eigenvalue weighted by Gasteiger charge is 2.45. The number of sulfonamides is 1. The maximum Gasteiger partial charge on any atom is 0.246 e. The number of anilines is 1. The number of aryl methyl sites for hydroxylation is 1. The first-order valence-electron chi connectivity index (χ1n) is 13.0. The van der Waals surface area contributed by atoms with Gasteiger partial charge in [0.15, 0.2) is 0 Å². The zero-order valence-corrected chi connectivity index (χ0v) is 22.6. The maximum absolute atomic E-state index is 12.5. The average Bonchev–Trinajstić information content (AvgIpc) is 2.88. The molecule has 9 nitrogen and oxygen atoms in total. The van der Waals surface area contributed by atoms with Gasteiger partial charge in [0, 0.05) is 43.9 Å². The number of carbonyl (C=O) groups excluding carboxylic acids is 1. The van der Waals surface area contributed by atoms with Crippen molar-refractivity contribution < 1.29 is 22.7 Å². The second-order valence-electron chi connectivity index (χ2n) is 10.7. The van der Waals surface area contributed by atoms with Gasteiger partial charge in [-0.2, -0.15) is 5.26 Å². The van der Waals surface area contributed by atoms with Crippen molar-refractivity contribution in [2.24, 2.45) is 0 Å². The lowest BCUT2D eigenvalue weighted by atomic mass is 9.79. The number of hydrogen-bond acceptors (Lipinski definition) is 7. The van der Waals surface area contributed by atoms with Crippen LogP contribution in [0.25, 0.3) is 0 Å². The molecule has 202 valence electrons. The minimum atomic E-state index is -3.44. The van der Waals surface area contributed by atoms with Crippen molar-refractivity contribution in [2.75, 3.05) is 37.8 Å². The summed E-state index contributed by atoms with van der Waals surface area (Å²) in [4.78, 5) is 15.0. The molecule has 1 spiro atoms. The predicted octanol–water partition coefficient (Wildman–Crippen LogP) is 2.91. The number of piperidine rings is 1. The maximum atomic E-state index is 12.5. The van der Waals surface area contributed by atoms with Crippen LogP contribution in [0, 0.1) is 11.3 Å². The number of fused-ring (bicyclic) bond motifs is 2. The normalized spacial score (nSPS) is 22.4. The molecule has 10 heteroatoms. The summed E-state index contributed by atoms with van der Waals surface area (Å²) in [5.41, 5.74) is 4.14. The Morgan fingerprint density at radius 2 is 2.00 bits per heavy atom. The molecule has 1 saturated heterocycles. The predicted molar refractivity (Wildman–Crippen MR) is 143 cm³/mol. The van der Waals surface area contributed by atoms with Crippen LogP contribution in [0.1, 0.15) is 54.0 Å². The fourth-order valence-electron chi connectivity index (χ4n) is 6.16. The summed E-state index contributed by atoms with van der Waals surface area (Å²) in [6.45, 7) is 1.75. The molecule has 0 bridgehead atoms. The minimum Gasteiger partial charge on any atom is -0.487 e. The smallest absolute Gasteiger partial charge is 0.246 e. The number of nitriles is 1. The molecular formula is C28H34N4O5S. The number of rotatable bonds is 6. The SMILES string of the molecule is COCC(=O)N[C@H]1CC2(CCN(C3CCc4cc(C#N)ccc4C3)CC2)Oc2ccc(NS(C)(=O)=O)cc21. The summed E-state index contributed by atoms with van der Waals surface area (Å²) in [5, 5.41) is 12.3. The lowest BCUT2D eigenvalue weighted by molar-refractivity contribution is -0.126. The van der Waals surface area contributed by atoms with E-state index in [9.17, 15) is 18.5 Å². The van der Waals surface area contributed by atoms with Crippen LogP contribution in [0.2, 0.25) is 0 Å². The summed E-state index contributed by atoms with van der Waals surface area (Å²) in [6.07, 6.45) is 6.44. The van der Waals surface area contributed by atoms with Crippen molar-refractivity contribution >= 4 is 21.6 Å². The van der Waals surface area contributed by atoms with E-state index in [4.69, 9.17) is 9.47 Å². The molecule has 1 unspecified atom stereocenters. The van der Waals surface area contributed by atoms with E-state index in [-0.39, 0.29) is 18.6 Å². The average molecular weight is 539 g/mol. The van der Waals surface area contributed by atoms with Crippen molar-refractivity contribution in [3.8, 4) is 11.8 Å². The molecule has 2 aliphatic heterocycles. The monoisotopic (exact) mass is 538 g/mol. The molecule has 2 aromatic carbocycles. The second-order valence-corrected chi connectivity index (χ2v) is 12.4. The molecule has 2 aromatic rings. The highest BCUT2D eigenvalue weighted by atomic mass is 32.2. The number of nitrogens with zero attached hydrogens (tertiary/aromatic N) is 2. The van der Waals surface area contributed by atoms with Gasteiger partial charge in [0.2, 0.25) is 15.9 Å². The first-order valence-corrected chi connectivity index (χ1v) is 14.9. The van der Waals surface area contributed by atoms with E-state index in [1.807, 2.05) is 12.1 Å². The number of nitrogens with one attached hydrogen (secondary N) is 2. The van der Waals surface area contributed by atoms with Gasteiger partial charge in [-0.15, -0.1) is 0 Å². The van der Waals surface area contributed by atoms with E-state index < -0.39 is 15.6 Å². The molecule has 38 heavy (non-hydrogen) atoms. The highest BCUT2D eigenvalue weighted by molar-refractivity contribution is 7.92. The molecule has 1 fully saturated rings. The lowest BCUT2D eigenvalue weighted by Crippen LogP contribution is -2.55. The molecular weight excluding hydrogens is 504 g/mol. The number of benzene rings is 2. The van der Waals surface area contributed by atoms with Gasteiger partial charge in [0.1, 0.15) is 18.0 Å². The summed E-state index contributed by atoms with van der Waals surface area (Å²) in [5.74, 6) is 0.450. The third-order valence-corrected chi connectivity index (χ3v) is 8.57. The van der Waals surface area contributed by atoms with E-state index in [1.165, 1.54) is 18.2 Å². The first-order chi connectivity index (χ1) is 18.2. The quantitative estimate of drug-likeness (QED) is 0.580. The zero-order chi connectivity index (χ0) is 26.9. The molecule has 0 saturated carbocycles. The Bertz CT molecular complexity index is 1360. The Balaban J connectivity index is 1.31. The molecule has 0 radical (unpaired) electrons. The molecule has 2 N–H and O–H groups in total. The van der Waals surface area contributed by atoms with Crippen LogP contribution in [0.3, 0.4) is 0 Å². The highest BCUT2D eigenvalue weighted by Crippen LogP contribution is 2.45. The summed E-state index contributed by atoms with van der Waals surface area (Å²) in [6, 6.07) is 13.7. The number of ether oxygens (including phenoxy) is 2. The topological polar surface area (TPSA) is 121 Å². The Morgan fingerprint density at radius 1 is 1.21 bits per heavy atom. The number of hydrogen-bond donors (Lipinski definition) is 2. The van der Waals surface area contributed by atoms with Crippen LogP contribution < -0.4 is 14.8 Å². The van der Waals surface area contributed by atoms with Gasteiger partial charge in [-0.05, 0) is 73.6 Å². The molecule has 3 aliphatic rings. The van der Waals surface area contributed by atoms with Crippen molar-refractivity contribution in [1.29, 1.82) is 5.26 Å². The number of likely N-dealkylation sites (tertiary alicyclic amines) is 1.